The zero-order valence-electron chi connectivity index (χ0n) is 25.2. The molecule has 0 unspecified atom stereocenters. The largest absolute Gasteiger partial charge is 0.460 e. The lowest BCUT2D eigenvalue weighted by Crippen LogP contribution is -2.65. The molecule has 0 spiro atoms. The third kappa shape index (κ3) is 9.02. The molecule has 43 heavy (non-hydrogen) atoms. The zero-order valence-corrected chi connectivity index (χ0v) is 25.2. The van der Waals surface area contributed by atoms with Crippen LogP contribution in [0.5, 0.6) is 0 Å². The average molecular weight is 608 g/mol. The van der Waals surface area contributed by atoms with Gasteiger partial charge >= 0.3 is 5.97 Å². The predicted octanol–water partition coefficient (Wildman–Crippen LogP) is -2.84. The minimum Gasteiger partial charge on any atom is -0.460 e. The number of esters is 1. The maximum absolute atomic E-state index is 13.8. The summed E-state index contributed by atoms with van der Waals surface area (Å²) in [5.74, 6) is -4.22. The van der Waals surface area contributed by atoms with Gasteiger partial charge in [-0.15, -0.1) is 0 Å². The van der Waals surface area contributed by atoms with Gasteiger partial charge in [0.05, 0.1) is 13.0 Å². The highest BCUT2D eigenvalue weighted by molar-refractivity contribution is 5.98. The number of nitrogens with one attached hydrogen (secondary N) is 7. The van der Waals surface area contributed by atoms with E-state index in [1.807, 2.05) is 0 Å². The Morgan fingerprint density at radius 2 is 1.77 bits per heavy atom. The van der Waals surface area contributed by atoms with Gasteiger partial charge in [0.15, 0.2) is 5.96 Å². The van der Waals surface area contributed by atoms with E-state index < -0.39 is 84.2 Å². The first-order valence-electron chi connectivity index (χ1n) is 14.7. The Morgan fingerprint density at radius 1 is 1.05 bits per heavy atom. The van der Waals surface area contributed by atoms with Gasteiger partial charge < -0.3 is 47.3 Å². The minimum atomic E-state index is -1.40. The summed E-state index contributed by atoms with van der Waals surface area (Å²) in [7, 11) is 1.59. The molecule has 2 bridgehead atoms. The first kappa shape index (κ1) is 33.6. The van der Waals surface area contributed by atoms with Crippen LogP contribution in [0.15, 0.2) is 0 Å². The molecule has 5 amide bonds. The number of hydrogen-bond acceptors (Lipinski definition) is 9. The Bertz CT molecular complexity index is 1110. The predicted molar refractivity (Wildman–Crippen MR) is 154 cm³/mol. The van der Waals surface area contributed by atoms with Gasteiger partial charge in [0.2, 0.25) is 29.5 Å². The summed E-state index contributed by atoms with van der Waals surface area (Å²) in [5.41, 5.74) is 5.16. The van der Waals surface area contributed by atoms with Gasteiger partial charge in [0.1, 0.15) is 29.8 Å². The van der Waals surface area contributed by atoms with Crippen molar-refractivity contribution in [3.8, 4) is 0 Å². The number of piperidine rings is 1. The first-order valence-corrected chi connectivity index (χ1v) is 14.7. The second kappa shape index (κ2) is 14.5. The van der Waals surface area contributed by atoms with Crippen molar-refractivity contribution in [3.63, 3.8) is 0 Å². The number of ether oxygens (including phenoxy) is 1. The van der Waals surface area contributed by atoms with Crippen LogP contribution in [0.1, 0.15) is 59.3 Å². The van der Waals surface area contributed by atoms with Crippen molar-refractivity contribution in [1.82, 2.24) is 36.8 Å². The smallest absolute Gasteiger partial charge is 0.308 e. The normalized spacial score (nSPS) is 28.4. The molecule has 0 aromatic rings. The molecular weight excluding hydrogens is 562 g/mol. The molecule has 3 fully saturated rings. The lowest BCUT2D eigenvalue weighted by atomic mass is 9.86. The minimum absolute atomic E-state index is 0.0977. The summed E-state index contributed by atoms with van der Waals surface area (Å²) in [6.07, 6.45) is 1.46. The van der Waals surface area contributed by atoms with Gasteiger partial charge in [-0.2, -0.15) is 0 Å². The van der Waals surface area contributed by atoms with Crippen molar-refractivity contribution in [2.45, 2.75) is 95.1 Å². The number of amides is 5. The number of carbonyl (C=O) groups excluding carboxylic acids is 6. The highest BCUT2D eigenvalue weighted by atomic mass is 16.6. The van der Waals surface area contributed by atoms with Crippen molar-refractivity contribution >= 4 is 41.5 Å². The second-order valence-electron chi connectivity index (χ2n) is 12.1. The molecule has 6 atom stereocenters. The third-order valence-corrected chi connectivity index (χ3v) is 7.69. The number of guanidine groups is 1. The maximum Gasteiger partial charge on any atom is 0.308 e. The van der Waals surface area contributed by atoms with E-state index in [0.29, 0.717) is 32.2 Å². The van der Waals surface area contributed by atoms with Crippen LogP contribution >= 0.6 is 0 Å². The molecular formula is C27H45N9O7. The van der Waals surface area contributed by atoms with Crippen molar-refractivity contribution in [2.24, 2.45) is 11.7 Å². The Balaban J connectivity index is 1.89. The fourth-order valence-electron chi connectivity index (χ4n) is 5.66. The Labute approximate surface area is 250 Å². The molecule has 0 radical (unpaired) electrons. The molecule has 3 saturated heterocycles. The first-order chi connectivity index (χ1) is 20.2. The molecule has 9 N–H and O–H groups in total. The molecule has 3 aliphatic rings. The second-order valence-corrected chi connectivity index (χ2v) is 12.1. The maximum atomic E-state index is 13.8. The molecule has 3 heterocycles. The Hall–Kier alpha value is -3.95. The standard InChI is InChI=1S/C27H45N9O7/c1-27(2,3)43-20(38)11-17-23(40)35-21-14(12-28)10-15-7-8-18(36(15)25(21)42)24(41)34-16(6-5-9-31-26(29)30-4)22(39)32-13-19(37)33-17/h14-18,21H,5-13,28H2,1-4H3,(H,32,39)(H,33,37)(H,34,41)(H,35,40)(H3,29,30,31)/t14-,15-,16-,17-,18-,21+/m0/s1. The summed E-state index contributed by atoms with van der Waals surface area (Å²) in [4.78, 5) is 80.8. The van der Waals surface area contributed by atoms with Gasteiger partial charge in [0, 0.05) is 25.6 Å². The van der Waals surface area contributed by atoms with E-state index in [2.05, 4.69) is 31.9 Å². The molecule has 240 valence electrons. The summed E-state index contributed by atoms with van der Waals surface area (Å²) >= 11 is 0. The van der Waals surface area contributed by atoms with Crippen LogP contribution in [-0.4, -0.2) is 109 Å². The molecule has 0 aliphatic carbocycles. The van der Waals surface area contributed by atoms with Crippen LogP contribution in [0.2, 0.25) is 0 Å². The van der Waals surface area contributed by atoms with Crippen LogP contribution < -0.4 is 37.6 Å². The summed E-state index contributed by atoms with van der Waals surface area (Å²) in [6, 6.07) is -4.62. The Morgan fingerprint density at radius 3 is 2.42 bits per heavy atom. The fraction of sp³-hybridized carbons (Fsp3) is 0.741. The lowest BCUT2D eigenvalue weighted by Gasteiger charge is -2.42. The molecule has 3 rings (SSSR count). The van der Waals surface area contributed by atoms with Crippen molar-refractivity contribution in [2.75, 3.05) is 26.7 Å². The van der Waals surface area contributed by atoms with E-state index in [9.17, 15) is 28.8 Å². The molecule has 0 aromatic carbocycles. The van der Waals surface area contributed by atoms with Gasteiger partial charge in [-0.1, -0.05) is 0 Å². The molecule has 3 aliphatic heterocycles. The van der Waals surface area contributed by atoms with Crippen LogP contribution in [0, 0.1) is 11.3 Å². The topological polar surface area (TPSA) is 237 Å². The molecule has 16 nitrogen and oxygen atoms in total. The average Bonchev–Trinajstić information content (AvgIpc) is 3.36. The zero-order chi connectivity index (χ0) is 31.9. The summed E-state index contributed by atoms with van der Waals surface area (Å²) in [6.45, 7) is 4.91. The molecule has 0 saturated carbocycles. The highest BCUT2D eigenvalue weighted by Crippen LogP contribution is 2.35. The Kier molecular flexibility index (Phi) is 11.3. The molecule has 16 heteroatoms. The van der Waals surface area contributed by atoms with Gasteiger partial charge in [0.25, 0.3) is 0 Å². The van der Waals surface area contributed by atoms with E-state index in [1.165, 1.54) is 4.90 Å². The summed E-state index contributed by atoms with van der Waals surface area (Å²) < 4.78 is 5.34. The number of carbonyl (C=O) groups is 6. The van der Waals surface area contributed by atoms with E-state index >= 15 is 0 Å². The monoisotopic (exact) mass is 607 g/mol. The molecule has 0 aromatic heterocycles. The summed E-state index contributed by atoms with van der Waals surface area (Å²) in [5, 5.41) is 23.5. The van der Waals surface area contributed by atoms with E-state index in [4.69, 9.17) is 15.9 Å². The van der Waals surface area contributed by atoms with Crippen molar-refractivity contribution in [1.29, 1.82) is 5.41 Å². The van der Waals surface area contributed by atoms with E-state index in [1.54, 1.807) is 27.8 Å². The van der Waals surface area contributed by atoms with E-state index in [0.717, 1.165) is 0 Å². The van der Waals surface area contributed by atoms with Crippen LogP contribution in [0.25, 0.3) is 0 Å². The van der Waals surface area contributed by atoms with Gasteiger partial charge in [-0.05, 0) is 59.4 Å². The number of nitrogens with two attached hydrogens (primary N) is 1. The number of rotatable bonds is 7. The van der Waals surface area contributed by atoms with E-state index in [-0.39, 0.29) is 25.0 Å². The van der Waals surface area contributed by atoms with Crippen LogP contribution in [-0.2, 0) is 33.5 Å². The third-order valence-electron chi connectivity index (χ3n) is 7.69. The van der Waals surface area contributed by atoms with Gasteiger partial charge in [-0.25, -0.2) is 0 Å². The number of nitrogens with zero attached hydrogens (tertiary/aromatic N) is 1. The van der Waals surface area contributed by atoms with Crippen LogP contribution in [0.4, 0.5) is 0 Å². The quantitative estimate of drug-likeness (QED) is 0.0639. The number of fused-ring (bicyclic) bond motifs is 1. The highest BCUT2D eigenvalue weighted by Gasteiger charge is 2.50. The lowest BCUT2D eigenvalue weighted by molar-refractivity contribution is -0.157. The van der Waals surface area contributed by atoms with Gasteiger partial charge in [-0.3, -0.25) is 34.2 Å². The SMILES string of the molecule is CNC(=N)NCCC[C@@H]1NC(=O)[C@@H]2CC[C@H]3C[C@@H](CN)[C@@H](NC(=O)[C@H](CC(=O)OC(C)(C)C)NC(=O)CNC1=O)C(=O)N32. The van der Waals surface area contributed by atoms with Crippen LogP contribution in [0.3, 0.4) is 0 Å². The fourth-order valence-corrected chi connectivity index (χ4v) is 5.66. The van der Waals surface area contributed by atoms with Crippen molar-refractivity contribution in [3.05, 3.63) is 0 Å². The number of hydrogen-bond donors (Lipinski definition) is 8. The van der Waals surface area contributed by atoms with Crippen molar-refractivity contribution < 1.29 is 33.5 Å².